The first kappa shape index (κ1) is 66.4. The lowest BCUT2D eigenvalue weighted by Gasteiger charge is -2.51. The van der Waals surface area contributed by atoms with Crippen molar-refractivity contribution in [3.05, 3.63) is 115 Å². The van der Waals surface area contributed by atoms with Crippen LogP contribution in [0.4, 0.5) is 20.2 Å². The van der Waals surface area contributed by atoms with E-state index in [1.54, 1.807) is 36.4 Å². The number of benzene rings is 2. The fourth-order valence-electron chi connectivity index (χ4n) is 16.9. The molecular formula is C65H80Cl5F2N5O9. The van der Waals surface area contributed by atoms with Crippen molar-refractivity contribution in [2.75, 3.05) is 23.8 Å². The molecule has 6 fully saturated rings. The Bertz CT molecular complexity index is 3230. The van der Waals surface area contributed by atoms with Gasteiger partial charge in [0.15, 0.2) is 21.9 Å². The summed E-state index contributed by atoms with van der Waals surface area (Å²) in [5, 5.41) is 35.1. The van der Waals surface area contributed by atoms with Crippen LogP contribution >= 0.6 is 58.8 Å². The predicted molar refractivity (Wildman–Crippen MR) is 330 cm³/mol. The van der Waals surface area contributed by atoms with Crippen molar-refractivity contribution in [2.45, 2.75) is 191 Å². The fraction of sp³-hybridized carbons (Fsp3) is 0.600. The third-order valence-electron chi connectivity index (χ3n) is 21.6. The molecule has 1 unspecified atom stereocenters. The number of fused-ring (bicyclic) bond motifs is 6. The van der Waals surface area contributed by atoms with E-state index in [1.807, 2.05) is 19.9 Å². The molecule has 12 atom stereocenters. The van der Waals surface area contributed by atoms with Crippen molar-refractivity contribution in [1.29, 1.82) is 0 Å². The molecule has 2 amide bonds. The quantitative estimate of drug-likeness (QED) is 0.0907. The number of nitrogens with zero attached hydrogens (tertiary/aromatic N) is 2. The number of carbonyl (C=O) groups is 4. The molecule has 2 aromatic carbocycles. The number of rotatable bonds is 8. The minimum absolute atomic E-state index is 0. The maximum absolute atomic E-state index is 16.1. The summed E-state index contributed by atoms with van der Waals surface area (Å²) in [5.41, 5.74) is 5.31. The number of carboxylic acids is 1. The van der Waals surface area contributed by atoms with Crippen LogP contribution in [-0.4, -0.2) is 92.5 Å². The van der Waals surface area contributed by atoms with Crippen LogP contribution in [0.15, 0.2) is 60.9 Å². The van der Waals surface area contributed by atoms with E-state index in [0.29, 0.717) is 52.7 Å². The Morgan fingerprint density at radius 1 is 0.640 bits per heavy atom. The van der Waals surface area contributed by atoms with Gasteiger partial charge in [-0.2, -0.15) is 0 Å². The van der Waals surface area contributed by atoms with Gasteiger partial charge in [0.2, 0.25) is 11.8 Å². The zero-order valence-corrected chi connectivity index (χ0v) is 53.3. The first-order valence-electron chi connectivity index (χ1n) is 30.0. The molecule has 4 aliphatic heterocycles. The number of halogens is 7. The zero-order chi connectivity index (χ0) is 61.3. The van der Waals surface area contributed by atoms with E-state index in [-0.39, 0.29) is 125 Å². The molecule has 8 aliphatic rings. The molecule has 21 heteroatoms. The Morgan fingerprint density at radius 2 is 1.06 bits per heavy atom. The molecule has 2 aromatic heterocycles. The van der Waals surface area contributed by atoms with Crippen LogP contribution in [0.5, 0.6) is 0 Å². The number of aromatic nitrogens is 2. The number of hydrogen-bond donors (Lipinski definition) is 6. The molecule has 12 rings (SSSR count). The van der Waals surface area contributed by atoms with E-state index in [2.05, 4.69) is 48.3 Å². The van der Waals surface area contributed by atoms with Gasteiger partial charge in [-0.25, -0.2) is 18.7 Å². The van der Waals surface area contributed by atoms with Crippen molar-refractivity contribution in [3.8, 4) is 0 Å². The van der Waals surface area contributed by atoms with Crippen LogP contribution in [0.2, 0.25) is 20.4 Å². The highest BCUT2D eigenvalue weighted by atomic mass is 35.5. The molecule has 4 aromatic rings. The SMILES string of the molecule is CC1(C)CCC2(CC1)C[C@@H](C(=O)O)[C@H](c1ccnc(Cl)c1F)C21C(=O)Nc2cc(Cl)ccc21.C[C@H]1O[C@H](CO)CC[C@H]1CC(=O)[C@@H]1CC2(CCC(C)(C)CC2)[C@@]2(C(=O)Nc3cc(Cl)ccc32)[C@H]1c1ccnc(Cl)c1F.C[C@H]1O[C@H](CO)CC[C@H]1N.Cl. The number of aliphatic carboxylic acids is 1. The van der Waals surface area contributed by atoms with Crippen molar-refractivity contribution < 1.29 is 52.8 Å². The molecule has 2 saturated heterocycles. The summed E-state index contributed by atoms with van der Waals surface area (Å²) in [4.78, 5) is 63.5. The largest absolute Gasteiger partial charge is 0.481 e. The monoisotopic (exact) mass is 1290 g/mol. The van der Waals surface area contributed by atoms with Crippen LogP contribution < -0.4 is 16.4 Å². The standard InChI is InChI=1S/C33H39Cl2FN2O4.C25H25Cl2FN2O3.C7H15NO2.ClH/c1-18-19(4-6-21(17-39)42-18)14-26(40)23-16-32(11-9-31(2,3)10-12-32)33(27(23)22-8-13-37-29(35)28(22)36)24-7-5-20(34)15-25(24)38-30(33)41;1-23(2)6-8-24(9-7-23)12-15(21(31)32)18(14-5-10-29-20(27)19(14)28)25(24)16-4-3-13(26)11-17(16)30-22(25)33;1-5-7(8)3-2-6(4-9)10-5;/h5,7-8,13,15,18-19,21,23,27,39H,4,6,9-12,14,16-17H2,1-3H3,(H,38,41);3-5,10-11,15,18H,6-9,12H2,1-2H3,(H,30,33)(H,31,32);5-7,9H,2-4,8H2,1H3;1H/t18-,19+,21+,23+,27+,33-;15-,18+,25?;5-,6+,7-;/m111./s1. The average Bonchev–Trinajstić information content (AvgIpc) is 1.51. The average molecular weight is 1290 g/mol. The Morgan fingerprint density at radius 3 is 1.48 bits per heavy atom. The van der Waals surface area contributed by atoms with Gasteiger partial charge in [-0.3, -0.25) is 19.2 Å². The number of hydrogen-bond acceptors (Lipinski definition) is 11. The summed E-state index contributed by atoms with van der Waals surface area (Å²) in [7, 11) is 0. The summed E-state index contributed by atoms with van der Waals surface area (Å²) in [6, 6.07) is 13.8. The van der Waals surface area contributed by atoms with Crippen LogP contribution in [0, 0.1) is 51.0 Å². The molecule has 4 aliphatic carbocycles. The number of carbonyl (C=O) groups excluding carboxylic acids is 3. The number of nitrogens with two attached hydrogens (primary N) is 1. The molecule has 4 spiro atoms. The summed E-state index contributed by atoms with van der Waals surface area (Å²) >= 11 is 24.9. The van der Waals surface area contributed by atoms with Gasteiger partial charge >= 0.3 is 5.97 Å². The number of ketones is 1. The number of ether oxygens (including phenoxy) is 2. The van der Waals surface area contributed by atoms with Gasteiger partial charge in [0.1, 0.15) is 5.78 Å². The number of aliphatic hydroxyl groups excluding tert-OH is 2. The second kappa shape index (κ2) is 25.3. The van der Waals surface area contributed by atoms with E-state index in [1.165, 1.54) is 18.5 Å². The van der Waals surface area contributed by atoms with E-state index >= 15 is 8.78 Å². The Hall–Kier alpha value is -4.07. The van der Waals surface area contributed by atoms with Gasteiger partial charge in [-0.05, 0) is 190 Å². The lowest BCUT2D eigenvalue weighted by atomic mass is 9.51. The molecule has 4 saturated carbocycles. The normalized spacial score (nSPS) is 32.3. The number of amides is 2. The minimum Gasteiger partial charge on any atom is -0.481 e. The highest BCUT2D eigenvalue weighted by Crippen LogP contribution is 2.74. The first-order valence-corrected chi connectivity index (χ1v) is 31.6. The van der Waals surface area contributed by atoms with Gasteiger partial charge in [0.05, 0.1) is 54.4 Å². The molecule has 0 bridgehead atoms. The topological polar surface area (TPSA) is 223 Å². The maximum Gasteiger partial charge on any atom is 0.307 e. The summed E-state index contributed by atoms with van der Waals surface area (Å²) in [6.45, 7) is 12.9. The maximum atomic E-state index is 16.1. The van der Waals surface area contributed by atoms with Crippen LogP contribution in [0.25, 0.3) is 0 Å². The van der Waals surface area contributed by atoms with E-state index in [4.69, 9.17) is 66.7 Å². The lowest BCUT2D eigenvalue weighted by molar-refractivity contribution is -0.142. The Balaban J connectivity index is 0.000000178. The summed E-state index contributed by atoms with van der Waals surface area (Å²) < 4.78 is 42.9. The third-order valence-corrected chi connectivity index (χ3v) is 22.6. The number of Topliss-reactive ketones (excluding diaryl/α,β-unsaturated/α-hetero) is 1. The van der Waals surface area contributed by atoms with Crippen LogP contribution in [0.1, 0.15) is 172 Å². The number of nitrogens with one attached hydrogen (secondary N) is 2. The molecule has 468 valence electrons. The highest BCUT2D eigenvalue weighted by Gasteiger charge is 2.74. The zero-order valence-electron chi connectivity index (χ0n) is 49.5. The molecular weight excluding hydrogens is 1210 g/mol. The number of pyridine rings is 2. The van der Waals surface area contributed by atoms with Crippen molar-refractivity contribution in [3.63, 3.8) is 0 Å². The molecule has 7 N–H and O–H groups in total. The molecule has 14 nitrogen and oxygen atoms in total. The fourth-order valence-corrected chi connectivity index (χ4v) is 17.6. The molecule has 86 heavy (non-hydrogen) atoms. The van der Waals surface area contributed by atoms with E-state index in [9.17, 15) is 29.4 Å². The second-order valence-corrected chi connectivity index (χ2v) is 28.8. The van der Waals surface area contributed by atoms with Crippen molar-refractivity contribution >= 4 is 93.8 Å². The first-order chi connectivity index (χ1) is 40.2. The second-order valence-electron chi connectivity index (χ2n) is 27.3. The molecule has 6 heterocycles. The number of anilines is 2. The predicted octanol–water partition coefficient (Wildman–Crippen LogP) is 13.7. The van der Waals surface area contributed by atoms with Gasteiger partial charge in [-0.1, -0.05) is 86.2 Å². The Kier molecular flexibility index (Phi) is 19.5. The minimum atomic E-state index is -1.25. The van der Waals surface area contributed by atoms with E-state index in [0.717, 1.165) is 63.4 Å². The number of carboxylic acid groups (broad SMARTS) is 1. The Labute approximate surface area is 528 Å². The van der Waals surface area contributed by atoms with Crippen LogP contribution in [-0.2, 0) is 39.5 Å². The highest BCUT2D eigenvalue weighted by molar-refractivity contribution is 6.32. The van der Waals surface area contributed by atoms with Gasteiger partial charge in [0, 0.05) is 64.0 Å². The van der Waals surface area contributed by atoms with Gasteiger partial charge in [-0.15, -0.1) is 12.4 Å². The smallest absolute Gasteiger partial charge is 0.307 e. The van der Waals surface area contributed by atoms with Crippen molar-refractivity contribution in [1.82, 2.24) is 9.97 Å². The van der Waals surface area contributed by atoms with Crippen LogP contribution in [0.3, 0.4) is 0 Å². The summed E-state index contributed by atoms with van der Waals surface area (Å²) in [5.74, 6) is -6.22. The molecule has 0 radical (unpaired) electrons. The van der Waals surface area contributed by atoms with Gasteiger partial charge in [0.25, 0.3) is 0 Å². The van der Waals surface area contributed by atoms with Gasteiger partial charge < -0.3 is 41.2 Å². The number of aliphatic hydroxyl groups is 2. The lowest BCUT2D eigenvalue weighted by Crippen LogP contribution is -2.52. The third kappa shape index (κ3) is 11.5. The van der Waals surface area contributed by atoms with E-state index < -0.39 is 62.9 Å². The summed E-state index contributed by atoms with van der Waals surface area (Å²) in [6.07, 6.45) is 13.2. The van der Waals surface area contributed by atoms with Crippen molar-refractivity contribution in [2.24, 2.45) is 45.1 Å².